The Balaban J connectivity index is 2.78. The summed E-state index contributed by atoms with van der Waals surface area (Å²) >= 11 is 17.2. The Bertz CT molecular complexity index is 357. The predicted octanol–water partition coefficient (Wildman–Crippen LogP) is 3.91. The minimum absolute atomic E-state index is 0.172. The van der Waals surface area contributed by atoms with E-state index in [9.17, 15) is 0 Å². The molecule has 1 atom stereocenters. The fourth-order valence-electron chi connectivity index (χ4n) is 1.09. The normalized spacial score (nSPS) is 12.1. The van der Waals surface area contributed by atoms with Gasteiger partial charge in [-0.2, -0.15) is 5.26 Å². The summed E-state index contributed by atoms with van der Waals surface area (Å²) in [4.78, 5) is 0. The highest BCUT2D eigenvalue weighted by molar-refractivity contribution is 6.42. The first-order valence-corrected chi connectivity index (χ1v) is 5.36. The highest BCUT2D eigenvalue weighted by Crippen LogP contribution is 2.23. The molecular formula is C10H8Cl3N. The second-order valence-corrected chi connectivity index (χ2v) is 4.06. The lowest BCUT2D eigenvalue weighted by molar-refractivity contribution is 0.746. The first-order valence-electron chi connectivity index (χ1n) is 4.07. The molecule has 0 radical (unpaired) electrons. The summed E-state index contributed by atoms with van der Waals surface area (Å²) < 4.78 is 0. The zero-order chi connectivity index (χ0) is 10.6. The maximum atomic E-state index is 8.72. The van der Waals surface area contributed by atoms with Gasteiger partial charge in [0.25, 0.3) is 0 Å². The summed E-state index contributed by atoms with van der Waals surface area (Å²) in [6, 6.07) is 7.47. The molecular weight excluding hydrogens is 240 g/mol. The monoisotopic (exact) mass is 247 g/mol. The van der Waals surface area contributed by atoms with Crippen LogP contribution in [0.1, 0.15) is 5.56 Å². The number of nitriles is 1. The van der Waals surface area contributed by atoms with Crippen LogP contribution in [0.15, 0.2) is 18.2 Å². The van der Waals surface area contributed by atoms with Gasteiger partial charge in [-0.05, 0) is 24.1 Å². The van der Waals surface area contributed by atoms with Gasteiger partial charge in [0.1, 0.15) is 0 Å². The van der Waals surface area contributed by atoms with E-state index in [2.05, 4.69) is 6.07 Å². The quantitative estimate of drug-likeness (QED) is 0.744. The van der Waals surface area contributed by atoms with Crippen molar-refractivity contribution in [1.29, 1.82) is 5.26 Å². The Morgan fingerprint density at radius 2 is 2.00 bits per heavy atom. The first-order chi connectivity index (χ1) is 6.67. The van der Waals surface area contributed by atoms with E-state index in [1.54, 1.807) is 12.1 Å². The molecule has 1 rings (SSSR count). The third kappa shape index (κ3) is 3.06. The van der Waals surface area contributed by atoms with Crippen molar-refractivity contribution in [3.05, 3.63) is 33.8 Å². The van der Waals surface area contributed by atoms with E-state index < -0.39 is 0 Å². The lowest BCUT2D eigenvalue weighted by Gasteiger charge is -2.05. The second kappa shape index (κ2) is 5.46. The fourth-order valence-corrected chi connectivity index (χ4v) is 1.58. The van der Waals surface area contributed by atoms with Gasteiger partial charge in [0.05, 0.1) is 22.0 Å². The van der Waals surface area contributed by atoms with Gasteiger partial charge < -0.3 is 0 Å². The zero-order valence-corrected chi connectivity index (χ0v) is 9.57. The van der Waals surface area contributed by atoms with Gasteiger partial charge in [0.15, 0.2) is 0 Å². The van der Waals surface area contributed by atoms with Crippen LogP contribution < -0.4 is 0 Å². The van der Waals surface area contributed by atoms with E-state index in [-0.39, 0.29) is 5.92 Å². The topological polar surface area (TPSA) is 23.8 Å². The molecule has 1 aromatic carbocycles. The lowest BCUT2D eigenvalue weighted by atomic mass is 10.0. The molecule has 74 valence electrons. The molecule has 0 aliphatic heterocycles. The summed E-state index contributed by atoms with van der Waals surface area (Å²) in [5.74, 6) is 0.158. The highest BCUT2D eigenvalue weighted by Gasteiger charge is 2.08. The Hall–Kier alpha value is -0.420. The third-order valence-electron chi connectivity index (χ3n) is 1.83. The van der Waals surface area contributed by atoms with Crippen molar-refractivity contribution >= 4 is 34.8 Å². The summed E-state index contributed by atoms with van der Waals surface area (Å²) in [5, 5.41) is 9.75. The third-order valence-corrected chi connectivity index (χ3v) is 2.95. The first kappa shape index (κ1) is 11.7. The van der Waals surface area contributed by atoms with Crippen LogP contribution in [0.2, 0.25) is 10.0 Å². The summed E-state index contributed by atoms with van der Waals surface area (Å²) in [5.41, 5.74) is 0.978. The van der Waals surface area contributed by atoms with Crippen LogP contribution in [0.5, 0.6) is 0 Å². The van der Waals surface area contributed by atoms with Gasteiger partial charge in [0, 0.05) is 5.88 Å². The van der Waals surface area contributed by atoms with E-state index in [0.29, 0.717) is 22.3 Å². The molecule has 1 aromatic rings. The van der Waals surface area contributed by atoms with Crippen LogP contribution in [0.3, 0.4) is 0 Å². The van der Waals surface area contributed by atoms with Crippen molar-refractivity contribution in [2.24, 2.45) is 5.92 Å². The molecule has 0 heterocycles. The molecule has 1 unspecified atom stereocenters. The fraction of sp³-hybridized carbons (Fsp3) is 0.300. The molecule has 1 nitrogen and oxygen atoms in total. The zero-order valence-electron chi connectivity index (χ0n) is 7.30. The van der Waals surface area contributed by atoms with Crippen molar-refractivity contribution in [3.63, 3.8) is 0 Å². The van der Waals surface area contributed by atoms with E-state index in [1.165, 1.54) is 0 Å². The summed E-state index contributed by atoms with van der Waals surface area (Å²) in [6.07, 6.45) is 0.608. The van der Waals surface area contributed by atoms with Crippen LogP contribution in [-0.4, -0.2) is 5.88 Å². The number of halogens is 3. The maximum absolute atomic E-state index is 8.72. The molecule has 14 heavy (non-hydrogen) atoms. The summed E-state index contributed by atoms with van der Waals surface area (Å²) in [7, 11) is 0. The predicted molar refractivity (Wildman–Crippen MR) is 60.0 cm³/mol. The molecule has 0 aromatic heterocycles. The van der Waals surface area contributed by atoms with Gasteiger partial charge in [0.2, 0.25) is 0 Å². The molecule has 0 aliphatic carbocycles. The van der Waals surface area contributed by atoms with E-state index >= 15 is 0 Å². The standard InChI is InChI=1S/C10H8Cl3N/c11-5-8(6-14)3-7-1-2-9(12)10(13)4-7/h1-2,4,8H,3,5H2. The number of alkyl halides is 1. The number of hydrogen-bond acceptors (Lipinski definition) is 1. The molecule has 0 saturated carbocycles. The van der Waals surface area contributed by atoms with Crippen LogP contribution in [0.4, 0.5) is 0 Å². The van der Waals surface area contributed by atoms with Gasteiger partial charge in [-0.15, -0.1) is 11.6 Å². The molecule has 0 amide bonds. The van der Waals surface area contributed by atoms with Crippen molar-refractivity contribution in [1.82, 2.24) is 0 Å². The molecule has 0 fully saturated rings. The average molecular weight is 249 g/mol. The molecule has 4 heteroatoms. The second-order valence-electron chi connectivity index (χ2n) is 2.93. The van der Waals surface area contributed by atoms with Crippen LogP contribution in [-0.2, 0) is 6.42 Å². The van der Waals surface area contributed by atoms with Crippen molar-refractivity contribution in [2.45, 2.75) is 6.42 Å². The molecule has 0 N–H and O–H groups in total. The number of hydrogen-bond donors (Lipinski definition) is 0. The van der Waals surface area contributed by atoms with Gasteiger partial charge in [-0.25, -0.2) is 0 Å². The van der Waals surface area contributed by atoms with Gasteiger partial charge in [-0.3, -0.25) is 0 Å². The number of nitrogens with zero attached hydrogens (tertiary/aromatic N) is 1. The Kier molecular flexibility index (Phi) is 4.54. The van der Waals surface area contributed by atoms with Crippen molar-refractivity contribution < 1.29 is 0 Å². The van der Waals surface area contributed by atoms with Crippen LogP contribution in [0.25, 0.3) is 0 Å². The van der Waals surface area contributed by atoms with E-state index in [1.807, 2.05) is 6.07 Å². The van der Waals surface area contributed by atoms with Crippen molar-refractivity contribution in [3.8, 4) is 6.07 Å². The molecule has 0 aliphatic rings. The summed E-state index contributed by atoms with van der Waals surface area (Å²) in [6.45, 7) is 0. The Morgan fingerprint density at radius 1 is 1.29 bits per heavy atom. The lowest BCUT2D eigenvalue weighted by Crippen LogP contribution is -2.03. The number of benzene rings is 1. The van der Waals surface area contributed by atoms with Crippen LogP contribution >= 0.6 is 34.8 Å². The SMILES string of the molecule is N#CC(CCl)Cc1ccc(Cl)c(Cl)c1. The Labute approximate surface area is 98.2 Å². The number of rotatable bonds is 3. The van der Waals surface area contributed by atoms with E-state index in [4.69, 9.17) is 40.1 Å². The van der Waals surface area contributed by atoms with Crippen molar-refractivity contribution in [2.75, 3.05) is 5.88 Å². The minimum atomic E-state index is -0.172. The van der Waals surface area contributed by atoms with Gasteiger partial charge >= 0.3 is 0 Å². The Morgan fingerprint density at radius 3 is 2.50 bits per heavy atom. The molecule has 0 spiro atoms. The largest absolute Gasteiger partial charge is 0.198 e. The smallest absolute Gasteiger partial charge is 0.0671 e. The molecule has 0 bridgehead atoms. The molecule has 0 saturated heterocycles. The average Bonchev–Trinajstić information content (AvgIpc) is 2.19. The van der Waals surface area contributed by atoms with Gasteiger partial charge in [-0.1, -0.05) is 29.3 Å². The minimum Gasteiger partial charge on any atom is -0.198 e. The maximum Gasteiger partial charge on any atom is 0.0671 e. The van der Waals surface area contributed by atoms with E-state index in [0.717, 1.165) is 5.56 Å². The van der Waals surface area contributed by atoms with Crippen LogP contribution in [0, 0.1) is 17.2 Å². The highest BCUT2D eigenvalue weighted by atomic mass is 35.5.